The monoisotopic (exact) mass is 326 g/mol. The zero-order valence-electron chi connectivity index (χ0n) is 12.9. The van der Waals surface area contributed by atoms with Crippen molar-refractivity contribution in [2.75, 3.05) is 6.54 Å². The number of benzene rings is 2. The van der Waals surface area contributed by atoms with Gasteiger partial charge in [0.25, 0.3) is 0 Å². The van der Waals surface area contributed by atoms with Crippen LogP contribution in [0.5, 0.6) is 0 Å². The summed E-state index contributed by atoms with van der Waals surface area (Å²) in [6.07, 6.45) is 1.01. The predicted molar refractivity (Wildman–Crippen MR) is 88.7 cm³/mol. The predicted octanol–water partition coefficient (Wildman–Crippen LogP) is 3.75. The maximum absolute atomic E-state index is 13.3. The van der Waals surface area contributed by atoms with Gasteiger partial charge in [-0.15, -0.1) is 0 Å². The van der Waals surface area contributed by atoms with Gasteiger partial charge in [0.2, 0.25) is 0 Å². The van der Waals surface area contributed by atoms with E-state index in [-0.39, 0.29) is 17.3 Å². The Bertz CT molecular complexity index is 950. The van der Waals surface area contributed by atoms with Crippen LogP contribution in [0.2, 0.25) is 0 Å². The van der Waals surface area contributed by atoms with E-state index in [1.54, 1.807) is 18.2 Å². The minimum Gasteiger partial charge on any atom is -0.357 e. The fraction of sp³-hybridized carbons (Fsp3) is 0.211. The van der Waals surface area contributed by atoms with Crippen LogP contribution in [0.3, 0.4) is 0 Å². The second kappa shape index (κ2) is 5.83. The molecule has 1 fully saturated rings. The third-order valence-electron chi connectivity index (χ3n) is 4.61. The number of aromatic nitrogens is 1. The van der Waals surface area contributed by atoms with Gasteiger partial charge in [0.1, 0.15) is 11.6 Å². The number of rotatable bonds is 3. The first-order valence-electron chi connectivity index (χ1n) is 7.91. The average Bonchev–Trinajstić information content (AvgIpc) is 2.54. The highest BCUT2D eigenvalue weighted by Gasteiger charge is 2.29. The molecule has 3 aromatic rings. The van der Waals surface area contributed by atoms with Crippen LogP contribution in [0.15, 0.2) is 53.3 Å². The lowest BCUT2D eigenvalue weighted by Crippen LogP contribution is -2.40. The molecule has 0 spiro atoms. The van der Waals surface area contributed by atoms with Crippen molar-refractivity contribution in [2.45, 2.75) is 19.0 Å². The van der Waals surface area contributed by atoms with Gasteiger partial charge in [-0.3, -0.25) is 9.69 Å². The number of hydrogen-bond donors (Lipinski definition) is 1. The Labute approximate surface area is 137 Å². The number of nitrogens with zero attached hydrogens (tertiary/aromatic N) is 1. The first-order chi connectivity index (χ1) is 11.6. The molecule has 0 aliphatic carbocycles. The van der Waals surface area contributed by atoms with E-state index in [1.807, 2.05) is 0 Å². The molecule has 0 bridgehead atoms. The quantitative estimate of drug-likeness (QED) is 0.796. The summed E-state index contributed by atoms with van der Waals surface area (Å²) in [6.45, 7) is 1.52. The Hall–Kier alpha value is -2.53. The summed E-state index contributed by atoms with van der Waals surface area (Å²) in [5.74, 6) is -0.657. The minimum absolute atomic E-state index is 0.183. The van der Waals surface area contributed by atoms with Crippen LogP contribution in [-0.4, -0.2) is 16.4 Å². The van der Waals surface area contributed by atoms with Gasteiger partial charge in [-0.05, 0) is 42.3 Å². The SMILES string of the molecule is O=c1cc(CN2CC[C@H]2c2ccc(F)cc2)[nH]c2ccc(F)cc12. The molecule has 0 saturated carbocycles. The molecule has 0 unspecified atom stereocenters. The number of fused-ring (bicyclic) bond motifs is 1. The molecule has 1 atom stereocenters. The van der Waals surface area contributed by atoms with Gasteiger partial charge in [0, 0.05) is 41.8 Å². The van der Waals surface area contributed by atoms with E-state index in [0.717, 1.165) is 24.2 Å². The fourth-order valence-corrected chi connectivity index (χ4v) is 3.27. The van der Waals surface area contributed by atoms with Gasteiger partial charge in [-0.2, -0.15) is 0 Å². The summed E-state index contributed by atoms with van der Waals surface area (Å²) in [4.78, 5) is 17.6. The van der Waals surface area contributed by atoms with Gasteiger partial charge in [0.05, 0.1) is 0 Å². The highest BCUT2D eigenvalue weighted by molar-refractivity contribution is 5.78. The molecule has 122 valence electrons. The van der Waals surface area contributed by atoms with Crippen molar-refractivity contribution in [1.82, 2.24) is 9.88 Å². The van der Waals surface area contributed by atoms with Crippen LogP contribution in [0.25, 0.3) is 10.9 Å². The van der Waals surface area contributed by atoms with Crippen molar-refractivity contribution in [3.63, 3.8) is 0 Å². The van der Waals surface area contributed by atoms with Gasteiger partial charge >= 0.3 is 0 Å². The van der Waals surface area contributed by atoms with Crippen molar-refractivity contribution < 1.29 is 8.78 Å². The summed E-state index contributed by atoms with van der Waals surface area (Å²) >= 11 is 0. The number of halogens is 2. The van der Waals surface area contributed by atoms with E-state index < -0.39 is 5.82 Å². The van der Waals surface area contributed by atoms with Crippen LogP contribution >= 0.6 is 0 Å². The number of H-pyrrole nitrogens is 1. The van der Waals surface area contributed by atoms with Gasteiger partial charge < -0.3 is 4.98 Å². The summed E-state index contributed by atoms with van der Waals surface area (Å²) < 4.78 is 26.3. The maximum atomic E-state index is 13.3. The molecule has 1 aromatic heterocycles. The second-order valence-electron chi connectivity index (χ2n) is 6.18. The standard InChI is InChI=1S/C19H16F2N2O/c20-13-3-1-12(2-4-13)18-7-8-23(18)11-15-10-19(24)16-9-14(21)5-6-17(16)22-15/h1-6,9-10,18H,7-8,11H2,(H,22,24)/t18-/m0/s1. The molecule has 24 heavy (non-hydrogen) atoms. The Morgan fingerprint density at radius 1 is 1.04 bits per heavy atom. The smallest absolute Gasteiger partial charge is 0.189 e. The van der Waals surface area contributed by atoms with Crippen molar-refractivity contribution in [3.05, 3.63) is 81.6 Å². The molecule has 5 heteroatoms. The number of likely N-dealkylation sites (tertiary alicyclic amines) is 1. The zero-order chi connectivity index (χ0) is 16.7. The van der Waals surface area contributed by atoms with Gasteiger partial charge in [-0.25, -0.2) is 8.78 Å². The summed E-state index contributed by atoms with van der Waals surface area (Å²) in [5, 5.41) is 0.359. The lowest BCUT2D eigenvalue weighted by Gasteiger charge is -2.41. The van der Waals surface area contributed by atoms with Crippen LogP contribution < -0.4 is 5.43 Å². The van der Waals surface area contributed by atoms with Crippen molar-refractivity contribution in [1.29, 1.82) is 0 Å². The van der Waals surface area contributed by atoms with Crippen molar-refractivity contribution in [3.8, 4) is 0 Å². The largest absolute Gasteiger partial charge is 0.357 e. The van der Waals surface area contributed by atoms with E-state index in [2.05, 4.69) is 9.88 Å². The maximum Gasteiger partial charge on any atom is 0.189 e. The summed E-state index contributed by atoms with van der Waals surface area (Å²) in [6, 6.07) is 12.5. The summed E-state index contributed by atoms with van der Waals surface area (Å²) in [5.41, 5.74) is 2.33. The Morgan fingerprint density at radius 2 is 1.79 bits per heavy atom. The molecular weight excluding hydrogens is 310 g/mol. The third kappa shape index (κ3) is 2.71. The van der Waals surface area contributed by atoms with E-state index >= 15 is 0 Å². The average molecular weight is 326 g/mol. The molecule has 1 aliphatic rings. The number of hydrogen-bond acceptors (Lipinski definition) is 2. The molecule has 1 N–H and O–H groups in total. The Kier molecular flexibility index (Phi) is 3.65. The fourth-order valence-electron chi connectivity index (χ4n) is 3.27. The zero-order valence-corrected chi connectivity index (χ0v) is 12.9. The Morgan fingerprint density at radius 3 is 2.50 bits per heavy atom. The highest BCUT2D eigenvalue weighted by Crippen LogP contribution is 2.34. The van der Waals surface area contributed by atoms with Crippen LogP contribution in [-0.2, 0) is 6.54 Å². The molecular formula is C19H16F2N2O. The van der Waals surface area contributed by atoms with Crippen molar-refractivity contribution >= 4 is 10.9 Å². The summed E-state index contributed by atoms with van der Waals surface area (Å²) in [7, 11) is 0. The number of nitrogens with one attached hydrogen (secondary N) is 1. The van der Waals surface area contributed by atoms with Crippen LogP contribution in [0.1, 0.15) is 23.7 Å². The van der Waals surface area contributed by atoms with Crippen LogP contribution in [0.4, 0.5) is 8.78 Å². The molecule has 1 aliphatic heterocycles. The second-order valence-corrected chi connectivity index (χ2v) is 6.18. The molecule has 0 radical (unpaired) electrons. The van der Waals surface area contributed by atoms with Crippen molar-refractivity contribution in [2.24, 2.45) is 0 Å². The molecule has 1 saturated heterocycles. The molecule has 4 rings (SSSR count). The molecule has 3 nitrogen and oxygen atoms in total. The first kappa shape index (κ1) is 15.0. The Balaban J connectivity index is 1.59. The lowest BCUT2D eigenvalue weighted by molar-refractivity contribution is 0.0804. The normalized spacial score (nSPS) is 17.8. The van der Waals surface area contributed by atoms with E-state index in [1.165, 1.54) is 30.3 Å². The number of aromatic amines is 1. The minimum atomic E-state index is -0.417. The lowest BCUT2D eigenvalue weighted by atomic mass is 9.94. The molecule has 2 heterocycles. The highest BCUT2D eigenvalue weighted by atomic mass is 19.1. The van der Waals surface area contributed by atoms with E-state index in [9.17, 15) is 13.6 Å². The van der Waals surface area contributed by atoms with Crippen LogP contribution in [0, 0.1) is 11.6 Å². The molecule has 0 amide bonds. The third-order valence-corrected chi connectivity index (χ3v) is 4.61. The first-order valence-corrected chi connectivity index (χ1v) is 7.91. The number of pyridine rings is 1. The van der Waals surface area contributed by atoms with Gasteiger partial charge in [0.15, 0.2) is 5.43 Å². The van der Waals surface area contributed by atoms with E-state index in [4.69, 9.17) is 0 Å². The molecule has 2 aromatic carbocycles. The van der Waals surface area contributed by atoms with Gasteiger partial charge in [-0.1, -0.05) is 12.1 Å². The van der Waals surface area contributed by atoms with E-state index in [0.29, 0.717) is 17.4 Å². The topological polar surface area (TPSA) is 36.1 Å².